The standard InChI is InChI=1S/C16H22BrF3N4.HI/c1-2-21-15(22-9-12-4-3-5-13(17)8-12)23-14-6-7-24(10-14)11-16(18,19)20;/h3-5,8,14H,2,6-7,9-11H2,1H3,(H2,21,22,23);1H. The molecule has 1 unspecified atom stereocenters. The first-order chi connectivity index (χ1) is 11.4. The zero-order chi connectivity index (χ0) is 17.6. The predicted octanol–water partition coefficient (Wildman–Crippen LogP) is 3.76. The minimum atomic E-state index is -4.14. The van der Waals surface area contributed by atoms with E-state index in [1.54, 1.807) is 0 Å². The van der Waals surface area contributed by atoms with Gasteiger partial charge in [0.05, 0.1) is 13.1 Å². The molecule has 0 radical (unpaired) electrons. The second-order valence-corrected chi connectivity index (χ2v) is 6.72. The molecule has 0 spiro atoms. The number of benzene rings is 1. The largest absolute Gasteiger partial charge is 0.401 e. The smallest absolute Gasteiger partial charge is 0.357 e. The van der Waals surface area contributed by atoms with Crippen molar-refractivity contribution in [1.29, 1.82) is 0 Å². The third kappa shape index (κ3) is 8.59. The van der Waals surface area contributed by atoms with Crippen molar-refractivity contribution in [3.8, 4) is 0 Å². The lowest BCUT2D eigenvalue weighted by Crippen LogP contribution is -2.45. The molecular weight excluding hydrogens is 512 g/mol. The molecule has 1 atom stereocenters. The normalized spacial score (nSPS) is 18.8. The molecule has 4 nitrogen and oxygen atoms in total. The molecule has 0 aliphatic carbocycles. The summed E-state index contributed by atoms with van der Waals surface area (Å²) in [4.78, 5) is 5.95. The SMILES string of the molecule is CCNC(=NCc1cccc(Br)c1)NC1CCN(CC(F)(F)F)C1.I. The van der Waals surface area contributed by atoms with Crippen molar-refractivity contribution in [2.24, 2.45) is 4.99 Å². The van der Waals surface area contributed by atoms with Crippen LogP contribution in [0.2, 0.25) is 0 Å². The lowest BCUT2D eigenvalue weighted by Gasteiger charge is -2.19. The van der Waals surface area contributed by atoms with Crippen molar-refractivity contribution in [3.63, 3.8) is 0 Å². The Balaban J connectivity index is 0.00000312. The Morgan fingerprint density at radius 1 is 1.40 bits per heavy atom. The maximum absolute atomic E-state index is 12.5. The van der Waals surface area contributed by atoms with Crippen molar-refractivity contribution in [2.75, 3.05) is 26.2 Å². The van der Waals surface area contributed by atoms with Crippen LogP contribution in [0, 0.1) is 0 Å². The summed E-state index contributed by atoms with van der Waals surface area (Å²) >= 11 is 3.42. The van der Waals surface area contributed by atoms with Crippen LogP contribution in [0.25, 0.3) is 0 Å². The van der Waals surface area contributed by atoms with Gasteiger partial charge in [-0.15, -0.1) is 24.0 Å². The molecule has 1 heterocycles. The Kier molecular flexibility index (Phi) is 9.50. The number of aliphatic imine (C=N–C) groups is 1. The number of nitrogens with one attached hydrogen (secondary N) is 2. The number of halogens is 5. The highest BCUT2D eigenvalue weighted by Gasteiger charge is 2.34. The van der Waals surface area contributed by atoms with Gasteiger partial charge in [0.25, 0.3) is 0 Å². The minimum Gasteiger partial charge on any atom is -0.357 e. The van der Waals surface area contributed by atoms with Crippen LogP contribution >= 0.6 is 39.9 Å². The molecule has 1 fully saturated rings. The van der Waals surface area contributed by atoms with Crippen molar-refractivity contribution >= 4 is 45.9 Å². The Bertz CT molecular complexity index is 569. The van der Waals surface area contributed by atoms with Gasteiger partial charge in [0.2, 0.25) is 0 Å². The molecule has 142 valence electrons. The molecule has 0 saturated carbocycles. The molecule has 2 rings (SSSR count). The van der Waals surface area contributed by atoms with Gasteiger partial charge in [0.1, 0.15) is 0 Å². The number of hydrogen-bond acceptors (Lipinski definition) is 2. The molecule has 1 aliphatic heterocycles. The van der Waals surface area contributed by atoms with Gasteiger partial charge < -0.3 is 10.6 Å². The van der Waals surface area contributed by atoms with E-state index in [4.69, 9.17) is 0 Å². The maximum Gasteiger partial charge on any atom is 0.401 e. The summed E-state index contributed by atoms with van der Waals surface area (Å²) in [5.74, 6) is 0.635. The van der Waals surface area contributed by atoms with Crippen LogP contribution in [0.4, 0.5) is 13.2 Å². The Labute approximate surface area is 171 Å². The van der Waals surface area contributed by atoms with Gasteiger partial charge in [-0.1, -0.05) is 28.1 Å². The summed E-state index contributed by atoms with van der Waals surface area (Å²) in [7, 11) is 0. The first-order valence-corrected chi connectivity index (χ1v) is 8.73. The van der Waals surface area contributed by atoms with E-state index in [-0.39, 0.29) is 30.0 Å². The molecule has 2 N–H and O–H groups in total. The van der Waals surface area contributed by atoms with Crippen LogP contribution in [0.5, 0.6) is 0 Å². The topological polar surface area (TPSA) is 39.7 Å². The first kappa shape index (κ1) is 22.5. The number of rotatable bonds is 5. The van der Waals surface area contributed by atoms with E-state index in [9.17, 15) is 13.2 Å². The fraction of sp³-hybridized carbons (Fsp3) is 0.562. The van der Waals surface area contributed by atoms with Crippen LogP contribution in [0.1, 0.15) is 18.9 Å². The molecule has 0 amide bonds. The summed E-state index contributed by atoms with van der Waals surface area (Å²) in [5, 5.41) is 6.38. The Hall–Kier alpha value is -0.550. The zero-order valence-corrected chi connectivity index (χ0v) is 17.9. The van der Waals surface area contributed by atoms with E-state index in [0.717, 1.165) is 10.0 Å². The van der Waals surface area contributed by atoms with E-state index >= 15 is 0 Å². The van der Waals surface area contributed by atoms with E-state index in [1.165, 1.54) is 4.90 Å². The van der Waals surface area contributed by atoms with E-state index in [2.05, 4.69) is 31.6 Å². The second kappa shape index (κ2) is 10.6. The third-order valence-electron chi connectivity index (χ3n) is 3.67. The monoisotopic (exact) mass is 534 g/mol. The number of nitrogens with zero attached hydrogens (tertiary/aromatic N) is 2. The summed E-state index contributed by atoms with van der Waals surface area (Å²) in [6.45, 7) is 3.14. The van der Waals surface area contributed by atoms with Crippen molar-refractivity contribution in [1.82, 2.24) is 15.5 Å². The average Bonchev–Trinajstić information content (AvgIpc) is 2.90. The van der Waals surface area contributed by atoms with Gasteiger partial charge >= 0.3 is 6.18 Å². The van der Waals surface area contributed by atoms with Gasteiger partial charge in [-0.25, -0.2) is 4.99 Å². The van der Waals surface area contributed by atoms with Gasteiger partial charge in [0.15, 0.2) is 5.96 Å². The highest BCUT2D eigenvalue weighted by Crippen LogP contribution is 2.20. The molecule has 9 heteroatoms. The average molecular weight is 535 g/mol. The van der Waals surface area contributed by atoms with Gasteiger partial charge in [-0.3, -0.25) is 4.90 Å². The number of likely N-dealkylation sites (tertiary alicyclic amines) is 1. The van der Waals surface area contributed by atoms with Crippen LogP contribution < -0.4 is 10.6 Å². The summed E-state index contributed by atoms with van der Waals surface area (Å²) in [5.41, 5.74) is 1.06. The maximum atomic E-state index is 12.5. The molecule has 1 aromatic carbocycles. The van der Waals surface area contributed by atoms with Crippen molar-refractivity contribution < 1.29 is 13.2 Å². The predicted molar refractivity (Wildman–Crippen MR) is 108 cm³/mol. The van der Waals surface area contributed by atoms with Gasteiger partial charge in [-0.2, -0.15) is 13.2 Å². The number of guanidine groups is 1. The first-order valence-electron chi connectivity index (χ1n) is 7.94. The minimum absolute atomic E-state index is 0. The van der Waals surface area contributed by atoms with Crippen molar-refractivity contribution in [3.05, 3.63) is 34.3 Å². The van der Waals surface area contributed by atoms with Crippen LogP contribution in [-0.2, 0) is 6.54 Å². The lowest BCUT2D eigenvalue weighted by atomic mass is 10.2. The molecule has 1 saturated heterocycles. The molecule has 25 heavy (non-hydrogen) atoms. The lowest BCUT2D eigenvalue weighted by molar-refractivity contribution is -0.143. The quantitative estimate of drug-likeness (QED) is 0.343. The Morgan fingerprint density at radius 3 is 2.80 bits per heavy atom. The molecule has 0 bridgehead atoms. The summed E-state index contributed by atoms with van der Waals surface area (Å²) in [6, 6.07) is 7.85. The molecule has 1 aliphatic rings. The fourth-order valence-electron chi connectivity index (χ4n) is 2.67. The van der Waals surface area contributed by atoms with Gasteiger partial charge in [0, 0.05) is 30.1 Å². The highest BCUT2D eigenvalue weighted by atomic mass is 127. The van der Waals surface area contributed by atoms with E-state index < -0.39 is 12.7 Å². The third-order valence-corrected chi connectivity index (χ3v) is 4.16. The second-order valence-electron chi connectivity index (χ2n) is 5.81. The number of hydrogen-bond donors (Lipinski definition) is 2. The van der Waals surface area contributed by atoms with E-state index in [1.807, 2.05) is 31.2 Å². The highest BCUT2D eigenvalue weighted by molar-refractivity contribution is 14.0. The number of alkyl halides is 3. The molecule has 1 aromatic rings. The van der Waals surface area contributed by atoms with Gasteiger partial charge in [-0.05, 0) is 31.0 Å². The van der Waals surface area contributed by atoms with Crippen LogP contribution in [0.3, 0.4) is 0 Å². The zero-order valence-electron chi connectivity index (χ0n) is 13.9. The van der Waals surface area contributed by atoms with E-state index in [0.29, 0.717) is 38.6 Å². The van der Waals surface area contributed by atoms with Crippen LogP contribution in [-0.4, -0.2) is 49.3 Å². The molecular formula is C16H23BrF3IN4. The van der Waals surface area contributed by atoms with Crippen molar-refractivity contribution in [2.45, 2.75) is 32.1 Å². The molecule has 0 aromatic heterocycles. The fourth-order valence-corrected chi connectivity index (χ4v) is 3.11. The van der Waals surface area contributed by atoms with Crippen LogP contribution in [0.15, 0.2) is 33.7 Å². The summed E-state index contributed by atoms with van der Waals surface area (Å²) in [6.07, 6.45) is -3.47. The summed E-state index contributed by atoms with van der Waals surface area (Å²) < 4.78 is 38.4. The Morgan fingerprint density at radius 2 is 2.16 bits per heavy atom.